The number of carbonyl (C=O) groups is 1. The van der Waals surface area contributed by atoms with Crippen LogP contribution in [0.3, 0.4) is 0 Å². The molecule has 5 nitrogen and oxygen atoms in total. The zero-order valence-corrected chi connectivity index (χ0v) is 16.3. The third kappa shape index (κ3) is 3.54. The molecule has 3 aliphatic rings. The number of likely N-dealkylation sites (tertiary alicyclic amines) is 1. The summed E-state index contributed by atoms with van der Waals surface area (Å²) >= 11 is 5.52. The number of hydrogen-bond acceptors (Lipinski definition) is 3. The van der Waals surface area contributed by atoms with E-state index in [1.54, 1.807) is 0 Å². The minimum atomic E-state index is -0.154. The number of hydrogen-bond donors (Lipinski definition) is 2. The molecular weight excluding hydrogens is 320 g/mol. The first-order chi connectivity index (χ1) is 11.3. The second kappa shape index (κ2) is 6.79. The molecule has 1 amide bonds. The molecule has 0 unspecified atom stereocenters. The van der Waals surface area contributed by atoms with Crippen LogP contribution < -0.4 is 10.6 Å². The van der Waals surface area contributed by atoms with E-state index < -0.39 is 0 Å². The van der Waals surface area contributed by atoms with Gasteiger partial charge in [0, 0.05) is 38.5 Å². The van der Waals surface area contributed by atoms with Crippen LogP contribution in [0.1, 0.15) is 53.4 Å². The molecule has 1 atom stereocenters. The van der Waals surface area contributed by atoms with Gasteiger partial charge in [-0.05, 0) is 50.7 Å². The number of rotatable bonds is 4. The van der Waals surface area contributed by atoms with Crippen LogP contribution in [0.5, 0.6) is 0 Å². The van der Waals surface area contributed by atoms with Crippen molar-refractivity contribution in [1.82, 2.24) is 20.4 Å². The molecule has 2 heterocycles. The number of nitrogens with one attached hydrogen (secondary N) is 2. The van der Waals surface area contributed by atoms with Gasteiger partial charge in [-0.3, -0.25) is 10.1 Å². The summed E-state index contributed by atoms with van der Waals surface area (Å²) in [6.07, 6.45) is 4.46. The Kier molecular flexibility index (Phi) is 5.07. The molecule has 0 radical (unpaired) electrons. The quantitative estimate of drug-likeness (QED) is 0.757. The lowest BCUT2D eigenvalue weighted by Crippen LogP contribution is -2.61. The van der Waals surface area contributed by atoms with Crippen molar-refractivity contribution in [3.05, 3.63) is 0 Å². The van der Waals surface area contributed by atoms with Gasteiger partial charge >= 0.3 is 0 Å². The number of amides is 1. The third-order valence-corrected chi connectivity index (χ3v) is 5.94. The van der Waals surface area contributed by atoms with Crippen molar-refractivity contribution in [1.29, 1.82) is 0 Å². The molecule has 136 valence electrons. The number of piperidine rings is 1. The molecule has 1 spiro atoms. The summed E-state index contributed by atoms with van der Waals surface area (Å²) in [6, 6.07) is 0.326. The van der Waals surface area contributed by atoms with Crippen LogP contribution in [0.15, 0.2) is 0 Å². The molecule has 0 aromatic carbocycles. The summed E-state index contributed by atoms with van der Waals surface area (Å²) in [5.41, 5.74) is -0.154. The van der Waals surface area contributed by atoms with Gasteiger partial charge in [-0.15, -0.1) is 0 Å². The fourth-order valence-corrected chi connectivity index (χ4v) is 4.33. The SMILES string of the molecule is CC(C)NC(=S)N1CCC2(CC1)N[C@H](C(C)C)C(=O)N2CC1CC1. The first-order valence-corrected chi connectivity index (χ1v) is 9.88. The number of nitrogens with zero attached hydrogens (tertiary/aromatic N) is 2. The predicted octanol–water partition coefficient (Wildman–Crippen LogP) is 1.93. The van der Waals surface area contributed by atoms with E-state index in [2.05, 4.69) is 48.1 Å². The lowest BCUT2D eigenvalue weighted by Gasteiger charge is -2.45. The highest BCUT2D eigenvalue weighted by atomic mass is 32.1. The molecule has 1 aliphatic carbocycles. The standard InChI is InChI=1S/C18H32N4OS/c1-12(2)15-16(23)22(11-14-5-6-14)18(20-15)7-9-21(10-8-18)17(24)19-13(3)4/h12-15,20H,5-11H2,1-4H3,(H,19,24)/t15-/m1/s1. The lowest BCUT2D eigenvalue weighted by atomic mass is 9.95. The van der Waals surface area contributed by atoms with Crippen LogP contribution in [0.4, 0.5) is 0 Å². The zero-order chi connectivity index (χ0) is 17.5. The molecule has 2 N–H and O–H groups in total. The maximum Gasteiger partial charge on any atom is 0.241 e. The van der Waals surface area contributed by atoms with E-state index in [-0.39, 0.29) is 11.7 Å². The van der Waals surface area contributed by atoms with Crippen molar-refractivity contribution in [2.75, 3.05) is 19.6 Å². The van der Waals surface area contributed by atoms with Gasteiger partial charge in [0.2, 0.25) is 5.91 Å². The summed E-state index contributed by atoms with van der Waals surface area (Å²) < 4.78 is 0. The molecule has 24 heavy (non-hydrogen) atoms. The highest BCUT2D eigenvalue weighted by molar-refractivity contribution is 7.80. The topological polar surface area (TPSA) is 47.6 Å². The van der Waals surface area contributed by atoms with Gasteiger partial charge in [-0.1, -0.05) is 13.8 Å². The summed E-state index contributed by atoms with van der Waals surface area (Å²) in [5.74, 6) is 1.37. The van der Waals surface area contributed by atoms with Gasteiger partial charge in [0.05, 0.1) is 11.7 Å². The Labute approximate surface area is 151 Å². The molecule has 3 fully saturated rings. The largest absolute Gasteiger partial charge is 0.360 e. The molecule has 0 bridgehead atoms. The van der Waals surface area contributed by atoms with E-state index in [0.717, 1.165) is 43.5 Å². The molecule has 0 aromatic heterocycles. The fourth-order valence-electron chi connectivity index (χ4n) is 3.92. The Morgan fingerprint density at radius 2 is 1.92 bits per heavy atom. The zero-order valence-electron chi connectivity index (χ0n) is 15.5. The average molecular weight is 353 g/mol. The van der Waals surface area contributed by atoms with E-state index in [1.807, 2.05) is 0 Å². The monoisotopic (exact) mass is 352 g/mol. The first-order valence-electron chi connectivity index (χ1n) is 9.47. The van der Waals surface area contributed by atoms with E-state index in [0.29, 0.717) is 17.9 Å². The molecular formula is C18H32N4OS. The molecule has 0 aromatic rings. The van der Waals surface area contributed by atoms with Crippen molar-refractivity contribution < 1.29 is 4.79 Å². The van der Waals surface area contributed by atoms with Gasteiger partial charge in [0.1, 0.15) is 0 Å². The van der Waals surface area contributed by atoms with E-state index >= 15 is 0 Å². The van der Waals surface area contributed by atoms with Crippen LogP contribution in [0, 0.1) is 11.8 Å². The van der Waals surface area contributed by atoms with Crippen molar-refractivity contribution in [2.45, 2.75) is 71.1 Å². The van der Waals surface area contributed by atoms with Gasteiger partial charge < -0.3 is 15.1 Å². The van der Waals surface area contributed by atoms with Crippen LogP contribution in [0.25, 0.3) is 0 Å². The second-order valence-corrected chi connectivity index (χ2v) is 8.77. The van der Waals surface area contributed by atoms with Gasteiger partial charge in [-0.2, -0.15) is 0 Å². The summed E-state index contributed by atoms with van der Waals surface area (Å²) in [7, 11) is 0. The lowest BCUT2D eigenvalue weighted by molar-refractivity contribution is -0.134. The Hall–Kier alpha value is -0.880. The summed E-state index contributed by atoms with van der Waals surface area (Å²) in [6.45, 7) is 11.2. The number of carbonyl (C=O) groups excluding carboxylic acids is 1. The van der Waals surface area contributed by atoms with Gasteiger partial charge in [-0.25, -0.2) is 0 Å². The maximum atomic E-state index is 13.0. The van der Waals surface area contributed by atoms with Crippen molar-refractivity contribution >= 4 is 23.2 Å². The minimum absolute atomic E-state index is 0.0314. The highest BCUT2D eigenvalue weighted by Crippen LogP contribution is 2.39. The van der Waals surface area contributed by atoms with Crippen LogP contribution in [0.2, 0.25) is 0 Å². The van der Waals surface area contributed by atoms with Crippen LogP contribution >= 0.6 is 12.2 Å². The van der Waals surface area contributed by atoms with Gasteiger partial charge in [0.15, 0.2) is 5.11 Å². The van der Waals surface area contributed by atoms with Crippen molar-refractivity contribution in [3.63, 3.8) is 0 Å². The molecule has 6 heteroatoms. The summed E-state index contributed by atoms with van der Waals surface area (Å²) in [5, 5.41) is 7.91. The molecule has 2 aliphatic heterocycles. The number of thiocarbonyl (C=S) groups is 1. The molecule has 2 saturated heterocycles. The molecule has 1 saturated carbocycles. The first kappa shape index (κ1) is 17.9. The van der Waals surface area contributed by atoms with E-state index in [9.17, 15) is 4.79 Å². The van der Waals surface area contributed by atoms with Crippen molar-refractivity contribution in [3.8, 4) is 0 Å². The Bertz CT molecular complexity index is 495. The Morgan fingerprint density at radius 1 is 1.29 bits per heavy atom. The smallest absolute Gasteiger partial charge is 0.241 e. The fraction of sp³-hybridized carbons (Fsp3) is 0.889. The highest BCUT2D eigenvalue weighted by Gasteiger charge is 2.53. The van der Waals surface area contributed by atoms with Crippen LogP contribution in [-0.4, -0.2) is 58.2 Å². The van der Waals surface area contributed by atoms with E-state index in [1.165, 1.54) is 12.8 Å². The van der Waals surface area contributed by atoms with E-state index in [4.69, 9.17) is 12.2 Å². The molecule has 3 rings (SSSR count). The summed E-state index contributed by atoms with van der Waals surface area (Å²) in [4.78, 5) is 17.4. The minimum Gasteiger partial charge on any atom is -0.360 e. The maximum absolute atomic E-state index is 13.0. The normalized spacial score (nSPS) is 26.8. The second-order valence-electron chi connectivity index (χ2n) is 8.38. The average Bonchev–Trinajstić information content (AvgIpc) is 3.29. The third-order valence-electron chi connectivity index (χ3n) is 5.57. The van der Waals surface area contributed by atoms with Crippen molar-refractivity contribution in [2.24, 2.45) is 11.8 Å². The Morgan fingerprint density at radius 3 is 2.42 bits per heavy atom. The van der Waals surface area contributed by atoms with Gasteiger partial charge in [0.25, 0.3) is 0 Å². The Balaban J connectivity index is 1.69. The van der Waals surface area contributed by atoms with Crippen LogP contribution in [-0.2, 0) is 4.79 Å². The predicted molar refractivity (Wildman–Crippen MR) is 101 cm³/mol.